The number of rotatable bonds is 5. The molecule has 266 valence electrons. The molecular formula is C54H35N3. The van der Waals surface area contributed by atoms with Gasteiger partial charge in [-0.15, -0.1) is 0 Å². The first-order chi connectivity index (χ1) is 28.3. The van der Waals surface area contributed by atoms with Gasteiger partial charge in [-0.2, -0.15) is 0 Å². The molecule has 0 aliphatic carbocycles. The number of hydrogen-bond donors (Lipinski definition) is 0. The molecule has 57 heavy (non-hydrogen) atoms. The van der Waals surface area contributed by atoms with Gasteiger partial charge in [-0.25, -0.2) is 0 Å². The highest BCUT2D eigenvalue weighted by atomic mass is 15.0. The van der Waals surface area contributed by atoms with Crippen LogP contribution in [0.15, 0.2) is 212 Å². The van der Waals surface area contributed by atoms with Gasteiger partial charge in [-0.1, -0.05) is 152 Å². The standard InChI is InChI=1S/C54H35N3/c1-4-17-36(18-5-1)38-19-16-20-39(35-38)37-31-33-42(34-32-37)57-48-30-15-12-27-45(48)51-53-49(43-25-10-13-28-46(43)55(53)40-21-6-2-7-22-40)52-50(54(51)57)44-26-11-14-29-47(44)56(52)41-23-8-3-9-24-41/h1-35H. The molecule has 9 aromatic carbocycles. The van der Waals surface area contributed by atoms with Gasteiger partial charge in [-0.3, -0.25) is 0 Å². The molecule has 3 heterocycles. The monoisotopic (exact) mass is 725 g/mol. The number of aromatic nitrogens is 3. The highest BCUT2D eigenvalue weighted by Gasteiger charge is 2.28. The number of benzene rings is 9. The summed E-state index contributed by atoms with van der Waals surface area (Å²) in [5.41, 5.74) is 15.5. The van der Waals surface area contributed by atoms with Crippen LogP contribution in [0.1, 0.15) is 0 Å². The zero-order valence-electron chi connectivity index (χ0n) is 31.0. The second kappa shape index (κ2) is 12.5. The topological polar surface area (TPSA) is 14.8 Å². The molecule has 3 aromatic heterocycles. The first kappa shape index (κ1) is 31.7. The Balaban J connectivity index is 1.25. The Labute approximate surface area is 329 Å². The number of fused-ring (bicyclic) bond motifs is 12. The van der Waals surface area contributed by atoms with Gasteiger partial charge >= 0.3 is 0 Å². The van der Waals surface area contributed by atoms with E-state index in [-0.39, 0.29) is 0 Å². The molecule has 12 aromatic rings. The number of hydrogen-bond acceptors (Lipinski definition) is 0. The molecule has 0 radical (unpaired) electrons. The zero-order chi connectivity index (χ0) is 37.5. The predicted octanol–water partition coefficient (Wildman–Crippen LogP) is 14.3. The molecule has 0 saturated heterocycles. The summed E-state index contributed by atoms with van der Waals surface area (Å²) in [7, 11) is 0. The molecule has 0 N–H and O–H groups in total. The van der Waals surface area contributed by atoms with Crippen molar-refractivity contribution >= 4 is 65.4 Å². The SMILES string of the molecule is c1ccc(-c2cccc(-c3ccc(-n4c5ccccc5c5c6c(c7ccccc7n6-c6ccccc6)c6c(c7ccccc7n6-c6ccccc6)c54)cc3)c2)cc1. The summed E-state index contributed by atoms with van der Waals surface area (Å²) < 4.78 is 7.52. The van der Waals surface area contributed by atoms with Gasteiger partial charge in [-0.05, 0) is 82.9 Å². The van der Waals surface area contributed by atoms with Gasteiger partial charge < -0.3 is 13.7 Å². The third-order valence-electron chi connectivity index (χ3n) is 11.8. The van der Waals surface area contributed by atoms with Crippen molar-refractivity contribution in [1.82, 2.24) is 13.7 Å². The average molecular weight is 726 g/mol. The van der Waals surface area contributed by atoms with E-state index in [9.17, 15) is 0 Å². The largest absolute Gasteiger partial charge is 0.308 e. The van der Waals surface area contributed by atoms with E-state index in [4.69, 9.17) is 0 Å². The summed E-state index contributed by atoms with van der Waals surface area (Å²) in [6.07, 6.45) is 0. The lowest BCUT2D eigenvalue weighted by atomic mass is 9.99. The van der Waals surface area contributed by atoms with Gasteiger partial charge in [0.1, 0.15) is 0 Å². The van der Waals surface area contributed by atoms with Crippen LogP contribution in [0.3, 0.4) is 0 Å². The summed E-state index contributed by atoms with van der Waals surface area (Å²) in [5, 5.41) is 7.47. The molecule has 0 aliphatic heterocycles. The summed E-state index contributed by atoms with van der Waals surface area (Å²) >= 11 is 0. The lowest BCUT2D eigenvalue weighted by molar-refractivity contribution is 1.17. The molecule has 3 heteroatoms. The van der Waals surface area contributed by atoms with E-state index in [1.54, 1.807) is 0 Å². The minimum Gasteiger partial charge on any atom is -0.308 e. The maximum Gasteiger partial charge on any atom is 0.0663 e. The van der Waals surface area contributed by atoms with E-state index in [2.05, 4.69) is 226 Å². The molecule has 0 unspecified atom stereocenters. The van der Waals surface area contributed by atoms with Crippen LogP contribution in [0.2, 0.25) is 0 Å². The summed E-state index contributed by atoms with van der Waals surface area (Å²) in [6.45, 7) is 0. The Morgan fingerprint density at radius 3 is 0.965 bits per heavy atom. The fraction of sp³-hybridized carbons (Fsp3) is 0. The molecule has 0 fully saturated rings. The smallest absolute Gasteiger partial charge is 0.0663 e. The van der Waals surface area contributed by atoms with Crippen molar-refractivity contribution in [1.29, 1.82) is 0 Å². The number of para-hydroxylation sites is 5. The van der Waals surface area contributed by atoms with E-state index < -0.39 is 0 Å². The molecule has 3 nitrogen and oxygen atoms in total. The van der Waals surface area contributed by atoms with E-state index in [1.807, 2.05) is 0 Å². The number of nitrogens with zero attached hydrogens (tertiary/aromatic N) is 3. The highest BCUT2D eigenvalue weighted by molar-refractivity contribution is 6.40. The molecule has 0 atom stereocenters. The maximum atomic E-state index is 2.52. The fourth-order valence-electron chi connectivity index (χ4n) is 9.42. The van der Waals surface area contributed by atoms with Crippen molar-refractivity contribution in [3.63, 3.8) is 0 Å². The second-order valence-corrected chi connectivity index (χ2v) is 14.9. The van der Waals surface area contributed by atoms with Crippen LogP contribution in [-0.4, -0.2) is 13.7 Å². The van der Waals surface area contributed by atoms with Crippen LogP contribution in [0.25, 0.3) is 105 Å². The van der Waals surface area contributed by atoms with E-state index >= 15 is 0 Å². The van der Waals surface area contributed by atoms with Crippen LogP contribution < -0.4 is 0 Å². The quantitative estimate of drug-likeness (QED) is 0.168. The summed E-state index contributed by atoms with van der Waals surface area (Å²) in [6, 6.07) is 77.2. The first-order valence-corrected chi connectivity index (χ1v) is 19.6. The van der Waals surface area contributed by atoms with E-state index in [0.29, 0.717) is 0 Å². The van der Waals surface area contributed by atoms with Gasteiger partial charge in [0.15, 0.2) is 0 Å². The minimum absolute atomic E-state index is 1.13. The predicted molar refractivity (Wildman–Crippen MR) is 240 cm³/mol. The molecule has 0 saturated carbocycles. The van der Waals surface area contributed by atoms with Crippen molar-refractivity contribution in [2.24, 2.45) is 0 Å². The van der Waals surface area contributed by atoms with Gasteiger partial charge in [0.05, 0.1) is 33.1 Å². The lowest BCUT2D eigenvalue weighted by Gasteiger charge is -2.14. The highest BCUT2D eigenvalue weighted by Crippen LogP contribution is 2.50. The van der Waals surface area contributed by atoms with Gasteiger partial charge in [0.2, 0.25) is 0 Å². The Morgan fingerprint density at radius 2 is 0.544 bits per heavy atom. The van der Waals surface area contributed by atoms with Gasteiger partial charge in [0, 0.05) is 49.4 Å². The Hall–Kier alpha value is -7.62. The van der Waals surface area contributed by atoms with E-state index in [0.717, 1.165) is 17.1 Å². The van der Waals surface area contributed by atoms with E-state index in [1.165, 1.54) is 87.7 Å². The van der Waals surface area contributed by atoms with Crippen LogP contribution in [0.4, 0.5) is 0 Å². The fourth-order valence-corrected chi connectivity index (χ4v) is 9.42. The average Bonchev–Trinajstić information content (AvgIpc) is 3.93. The Kier molecular flexibility index (Phi) is 6.93. The Bertz CT molecular complexity index is 3410. The molecule has 0 amide bonds. The minimum atomic E-state index is 1.13. The third kappa shape index (κ3) is 4.66. The van der Waals surface area contributed by atoms with Crippen LogP contribution >= 0.6 is 0 Å². The van der Waals surface area contributed by atoms with Crippen LogP contribution in [-0.2, 0) is 0 Å². The molecule has 0 aliphatic rings. The molecular weight excluding hydrogens is 691 g/mol. The first-order valence-electron chi connectivity index (χ1n) is 19.6. The van der Waals surface area contributed by atoms with Crippen molar-refractivity contribution in [3.05, 3.63) is 212 Å². The van der Waals surface area contributed by atoms with Crippen molar-refractivity contribution < 1.29 is 0 Å². The van der Waals surface area contributed by atoms with Gasteiger partial charge in [0.25, 0.3) is 0 Å². The van der Waals surface area contributed by atoms with Crippen LogP contribution in [0.5, 0.6) is 0 Å². The summed E-state index contributed by atoms with van der Waals surface area (Å²) in [5.74, 6) is 0. The lowest BCUT2D eigenvalue weighted by Crippen LogP contribution is -1.98. The van der Waals surface area contributed by atoms with Crippen molar-refractivity contribution in [2.45, 2.75) is 0 Å². The normalized spacial score (nSPS) is 11.9. The summed E-state index contributed by atoms with van der Waals surface area (Å²) in [4.78, 5) is 0. The zero-order valence-corrected chi connectivity index (χ0v) is 31.0. The molecule has 0 bridgehead atoms. The Morgan fingerprint density at radius 1 is 0.228 bits per heavy atom. The van der Waals surface area contributed by atoms with Crippen LogP contribution in [0, 0.1) is 0 Å². The van der Waals surface area contributed by atoms with Crippen molar-refractivity contribution in [3.8, 4) is 39.3 Å². The van der Waals surface area contributed by atoms with Crippen molar-refractivity contribution in [2.75, 3.05) is 0 Å². The maximum absolute atomic E-state index is 2.52. The molecule has 12 rings (SSSR count). The second-order valence-electron chi connectivity index (χ2n) is 14.9. The third-order valence-corrected chi connectivity index (χ3v) is 11.8. The molecule has 0 spiro atoms.